The summed E-state index contributed by atoms with van der Waals surface area (Å²) in [6, 6.07) is 0. The second-order valence-electron chi connectivity index (χ2n) is 6.39. The number of carboxylic acid groups (broad SMARTS) is 1. The maximum atomic E-state index is 10.2. The van der Waals surface area contributed by atoms with Gasteiger partial charge in [-0.3, -0.25) is 0 Å². The van der Waals surface area contributed by atoms with Crippen molar-refractivity contribution in [2.24, 2.45) is 0 Å². The fourth-order valence-electron chi connectivity index (χ4n) is 2.64. The summed E-state index contributed by atoms with van der Waals surface area (Å²) in [6.07, 6.45) is 19.9. The van der Waals surface area contributed by atoms with E-state index in [2.05, 4.69) is 6.92 Å². The van der Waals surface area contributed by atoms with Crippen molar-refractivity contribution in [3.63, 3.8) is 0 Å². The van der Waals surface area contributed by atoms with E-state index in [0.717, 1.165) is 12.8 Å². The fourth-order valence-corrected chi connectivity index (χ4v) is 2.64. The first-order valence-corrected chi connectivity index (χ1v) is 9.99. The van der Waals surface area contributed by atoms with Crippen LogP contribution in [0.1, 0.15) is 117 Å². The van der Waals surface area contributed by atoms with E-state index in [0.29, 0.717) is 0 Å². The van der Waals surface area contributed by atoms with Crippen LogP contribution in [-0.4, -0.2) is 17.7 Å². The second kappa shape index (κ2) is 23.7. The molecule has 0 aliphatic rings. The molecule has 0 heterocycles. The number of hydrogen-bond acceptors (Lipinski definition) is 3. The number of rotatable bonds is 16. The van der Waals surface area contributed by atoms with Gasteiger partial charge >= 0.3 is 0 Å². The molecule has 23 heavy (non-hydrogen) atoms. The average Bonchev–Trinajstić information content (AvgIpc) is 2.51. The Hall–Kier alpha value is -0.570. The van der Waals surface area contributed by atoms with Crippen molar-refractivity contribution in [3.05, 3.63) is 0 Å². The Labute approximate surface area is 144 Å². The molecule has 0 atom stereocenters. The number of aliphatic carboxylic acids is 1. The lowest BCUT2D eigenvalue weighted by Crippen LogP contribution is -2.21. The van der Waals surface area contributed by atoms with E-state index in [1.807, 2.05) is 0 Å². The molecule has 0 aliphatic heterocycles. The van der Waals surface area contributed by atoms with E-state index in [9.17, 15) is 9.90 Å². The molecule has 0 saturated carbocycles. The van der Waals surface area contributed by atoms with E-state index < -0.39 is 5.97 Å². The molecule has 3 nitrogen and oxygen atoms in total. The van der Waals surface area contributed by atoms with Crippen LogP contribution < -0.4 is 5.11 Å². The van der Waals surface area contributed by atoms with Gasteiger partial charge in [0.05, 0.1) is 0 Å². The van der Waals surface area contributed by atoms with Gasteiger partial charge in [0.25, 0.3) is 0 Å². The number of hydrogen-bond donors (Lipinski definition) is 1. The van der Waals surface area contributed by atoms with Crippen LogP contribution in [0.15, 0.2) is 0 Å². The summed E-state index contributed by atoms with van der Waals surface area (Å²) in [5.74, 6) is -0.903. The molecule has 0 rings (SSSR count). The van der Waals surface area contributed by atoms with Gasteiger partial charge in [-0.15, -0.1) is 0 Å². The highest BCUT2D eigenvalue weighted by atomic mass is 16.4. The summed E-state index contributed by atoms with van der Waals surface area (Å²) < 4.78 is 0. The highest BCUT2D eigenvalue weighted by Gasteiger charge is 1.94. The van der Waals surface area contributed by atoms with Gasteiger partial charge in [0.15, 0.2) is 0 Å². The monoisotopic (exact) mass is 329 g/mol. The Morgan fingerprint density at radius 1 is 0.652 bits per heavy atom. The third-order valence-corrected chi connectivity index (χ3v) is 3.98. The zero-order chi connectivity index (χ0) is 17.6. The van der Waals surface area contributed by atoms with Gasteiger partial charge in [0, 0.05) is 12.6 Å². The first-order chi connectivity index (χ1) is 11.2. The van der Waals surface area contributed by atoms with Crippen molar-refractivity contribution in [3.8, 4) is 0 Å². The molecule has 0 aromatic rings. The SMILES string of the molecule is CCCCCCCCCCCCCCCCCC(=O)[O-].CCO. The highest BCUT2D eigenvalue weighted by Crippen LogP contribution is 2.13. The van der Waals surface area contributed by atoms with Gasteiger partial charge in [0.1, 0.15) is 0 Å². The summed E-state index contributed by atoms with van der Waals surface area (Å²) in [5.41, 5.74) is 0. The lowest BCUT2D eigenvalue weighted by atomic mass is 10.0. The Balaban J connectivity index is 0. The van der Waals surface area contributed by atoms with Crippen molar-refractivity contribution in [2.75, 3.05) is 6.61 Å². The van der Waals surface area contributed by atoms with E-state index in [-0.39, 0.29) is 13.0 Å². The number of unbranched alkanes of at least 4 members (excludes halogenated alkanes) is 14. The van der Waals surface area contributed by atoms with Gasteiger partial charge < -0.3 is 15.0 Å². The molecular weight excluding hydrogens is 288 g/mol. The smallest absolute Gasteiger partial charge is 0.0414 e. The molecule has 0 spiro atoms. The van der Waals surface area contributed by atoms with Crippen molar-refractivity contribution in [2.45, 2.75) is 117 Å². The van der Waals surface area contributed by atoms with Gasteiger partial charge in [-0.25, -0.2) is 0 Å². The fraction of sp³-hybridized carbons (Fsp3) is 0.950. The maximum absolute atomic E-state index is 10.2. The van der Waals surface area contributed by atoms with Crippen LogP contribution in [0.25, 0.3) is 0 Å². The molecule has 1 N–H and O–H groups in total. The first kappa shape index (κ1) is 24.7. The number of carbonyl (C=O) groups excluding carboxylic acids is 1. The van der Waals surface area contributed by atoms with Crippen molar-refractivity contribution >= 4 is 5.97 Å². The molecule has 3 heteroatoms. The zero-order valence-electron chi connectivity index (χ0n) is 15.8. The largest absolute Gasteiger partial charge is 0.550 e. The molecule has 0 aromatic carbocycles. The standard InChI is InChI=1S/C18H36O2.C2H6O/c1-2-3-4-5-6-7-8-9-10-11-12-13-14-15-16-17-18(19)20;1-2-3/h2-17H2,1H3,(H,19,20);3H,2H2,1H3/p-1. The minimum absolute atomic E-state index is 0.234. The number of aliphatic hydroxyl groups excluding tert-OH is 1. The van der Waals surface area contributed by atoms with E-state index in [1.165, 1.54) is 83.5 Å². The average molecular weight is 330 g/mol. The second-order valence-corrected chi connectivity index (χ2v) is 6.39. The lowest BCUT2D eigenvalue weighted by molar-refractivity contribution is -0.305. The topological polar surface area (TPSA) is 60.4 Å². The van der Waals surface area contributed by atoms with Crippen LogP contribution >= 0.6 is 0 Å². The van der Waals surface area contributed by atoms with Crippen molar-refractivity contribution in [1.82, 2.24) is 0 Å². The molecule has 0 fully saturated rings. The summed E-state index contributed by atoms with van der Waals surface area (Å²) in [5, 5.41) is 17.8. The Morgan fingerprint density at radius 3 is 1.17 bits per heavy atom. The maximum Gasteiger partial charge on any atom is 0.0414 e. The Bertz CT molecular complexity index is 217. The predicted octanol–water partition coefficient (Wildman–Crippen LogP) is 5.00. The Morgan fingerprint density at radius 2 is 0.913 bits per heavy atom. The van der Waals surface area contributed by atoms with Crippen LogP contribution in [0.4, 0.5) is 0 Å². The zero-order valence-corrected chi connectivity index (χ0v) is 15.8. The van der Waals surface area contributed by atoms with Gasteiger partial charge in [-0.2, -0.15) is 0 Å². The van der Waals surface area contributed by atoms with Gasteiger partial charge in [-0.05, 0) is 19.8 Å². The molecule has 0 amide bonds. The van der Waals surface area contributed by atoms with E-state index >= 15 is 0 Å². The minimum Gasteiger partial charge on any atom is -0.550 e. The molecule has 0 saturated heterocycles. The van der Waals surface area contributed by atoms with E-state index in [1.54, 1.807) is 6.92 Å². The van der Waals surface area contributed by atoms with Crippen LogP contribution in [0.3, 0.4) is 0 Å². The first-order valence-electron chi connectivity index (χ1n) is 9.99. The van der Waals surface area contributed by atoms with Gasteiger partial charge in [0.2, 0.25) is 0 Å². The lowest BCUT2D eigenvalue weighted by Gasteiger charge is -2.04. The quantitative estimate of drug-likeness (QED) is 0.405. The molecule has 0 aromatic heterocycles. The minimum atomic E-state index is -0.903. The molecule has 140 valence electrons. The summed E-state index contributed by atoms with van der Waals surface area (Å²) in [6.45, 7) is 4.20. The van der Waals surface area contributed by atoms with Gasteiger partial charge in [-0.1, -0.05) is 96.8 Å². The molecule has 0 radical (unpaired) electrons. The third-order valence-electron chi connectivity index (χ3n) is 3.98. The molecule has 0 unspecified atom stereocenters. The molecule has 0 aliphatic carbocycles. The van der Waals surface area contributed by atoms with Crippen LogP contribution in [0.5, 0.6) is 0 Å². The molecule has 0 bridgehead atoms. The third kappa shape index (κ3) is 30.0. The van der Waals surface area contributed by atoms with Crippen molar-refractivity contribution in [1.29, 1.82) is 0 Å². The van der Waals surface area contributed by atoms with Crippen molar-refractivity contribution < 1.29 is 15.0 Å². The normalized spacial score (nSPS) is 10.2. The summed E-state index contributed by atoms with van der Waals surface area (Å²) in [7, 11) is 0. The van der Waals surface area contributed by atoms with Crippen LogP contribution in [-0.2, 0) is 4.79 Å². The van der Waals surface area contributed by atoms with Crippen LogP contribution in [0.2, 0.25) is 0 Å². The Kier molecular flexibility index (Phi) is 25.4. The summed E-state index contributed by atoms with van der Waals surface area (Å²) >= 11 is 0. The van der Waals surface area contributed by atoms with Crippen LogP contribution in [0, 0.1) is 0 Å². The summed E-state index contributed by atoms with van der Waals surface area (Å²) in [4.78, 5) is 10.2. The molecular formula is C20H41O3-. The number of carbonyl (C=O) groups is 1. The van der Waals surface area contributed by atoms with E-state index in [4.69, 9.17) is 5.11 Å². The number of carboxylic acids is 1. The highest BCUT2D eigenvalue weighted by molar-refractivity contribution is 5.63. The predicted molar refractivity (Wildman–Crippen MR) is 97.3 cm³/mol. The number of aliphatic hydroxyl groups is 1.